The fourth-order valence-corrected chi connectivity index (χ4v) is 5.96. The normalized spacial score (nSPS) is 26.0. The first kappa shape index (κ1) is 29.4. The number of para-hydroxylation sites is 1. The zero-order chi connectivity index (χ0) is 27.5. The lowest BCUT2D eigenvalue weighted by atomic mass is 10.1. The lowest BCUT2D eigenvalue weighted by molar-refractivity contribution is -0.149. The third-order valence-electron chi connectivity index (χ3n) is 4.99. The number of aromatic nitrogens is 2. The van der Waals surface area contributed by atoms with Crippen molar-refractivity contribution in [2.75, 3.05) is 6.61 Å². The Kier molecular flexibility index (Phi) is 9.27. The second kappa shape index (κ2) is 11.7. The number of aromatic amines is 1. The van der Waals surface area contributed by atoms with Crippen molar-refractivity contribution in [1.29, 1.82) is 0 Å². The number of halogens is 3. The number of hydrogen-bond donors (Lipinski definition) is 3. The first-order valence-electron chi connectivity index (χ1n) is 10.9. The number of nitrogens with one attached hydrogen (secondary N) is 2. The highest BCUT2D eigenvalue weighted by atomic mass is 35.5. The number of alkyl halides is 2. The number of aliphatic hydroxyl groups excluding tert-OH is 1. The van der Waals surface area contributed by atoms with Gasteiger partial charge in [0.05, 0.1) is 18.9 Å². The molecule has 1 aromatic heterocycles. The highest BCUT2D eigenvalue weighted by Crippen LogP contribution is 2.48. The molecule has 1 aliphatic rings. The monoisotopic (exact) mass is 583 g/mol. The predicted octanol–water partition coefficient (Wildman–Crippen LogP) is 2.09. The number of rotatable bonds is 10. The fourth-order valence-electron chi connectivity index (χ4n) is 3.25. The van der Waals surface area contributed by atoms with Crippen molar-refractivity contribution >= 4 is 36.0 Å². The average molecular weight is 584 g/mol. The van der Waals surface area contributed by atoms with Crippen LogP contribution >= 0.6 is 18.2 Å². The minimum absolute atomic E-state index is 0.293. The van der Waals surface area contributed by atoms with E-state index < -0.39 is 72.0 Å². The van der Waals surface area contributed by atoms with Crippen LogP contribution in [0.1, 0.15) is 27.0 Å². The molecule has 1 unspecified atom stereocenters. The van der Waals surface area contributed by atoms with Crippen molar-refractivity contribution in [3.05, 3.63) is 63.2 Å². The smallest absolute Gasteiger partial charge is 0.330 e. The Hall–Kier alpha value is -2.19. The van der Waals surface area contributed by atoms with E-state index in [1.54, 1.807) is 49.2 Å². The summed E-state index contributed by atoms with van der Waals surface area (Å²) in [5.41, 5.74) is -2.54. The lowest BCUT2D eigenvalue weighted by Gasteiger charge is -2.28. The highest BCUT2D eigenvalue weighted by Gasteiger charge is 2.58. The third-order valence-corrected chi connectivity index (χ3v) is 7.90. The number of nitrogens with zero attached hydrogens (tertiary/aromatic N) is 1. The van der Waals surface area contributed by atoms with Gasteiger partial charge in [0.15, 0.2) is 6.23 Å². The van der Waals surface area contributed by atoms with Crippen LogP contribution in [0, 0.1) is 5.82 Å². The van der Waals surface area contributed by atoms with Gasteiger partial charge >= 0.3 is 18.3 Å². The molecule has 37 heavy (non-hydrogen) atoms. The maximum absolute atomic E-state index is 15.3. The number of H-pyrrole nitrogens is 1. The summed E-state index contributed by atoms with van der Waals surface area (Å²) in [7, 11) is 0. The quantitative estimate of drug-likeness (QED) is 0.216. The standard InChI is InChI=1S/C21H25ClF2N3O8PS/c1-11(2)33-18(30)12(3)26-36(37,35-13-7-5-4-6-8-13)32-10-15-16(28)21(22,24)19(34-15)27-9-14(23)17(29)25-20(27)31/h4-9,11-12,15-16,19,28H,10H2,1-3H3,(H,26,37)(H,25,29,31)/t12-,15+,16+,19+,21-,36?/m0/s1. The molecule has 2 heterocycles. The number of carbonyl (C=O) groups is 1. The summed E-state index contributed by atoms with van der Waals surface area (Å²) >= 11 is 11.4. The zero-order valence-electron chi connectivity index (χ0n) is 19.8. The SMILES string of the molecule is CC(C)OC(=O)[C@H](C)NP(=S)(OC[C@H]1O[C@@H](n2cc(F)c(=O)[nH]c2=O)[C@](F)(Cl)[C@@H]1O)Oc1ccccc1. The molecule has 3 N–H and O–H groups in total. The summed E-state index contributed by atoms with van der Waals surface area (Å²) < 4.78 is 51.5. The molecular formula is C21H25ClF2N3O8PS. The summed E-state index contributed by atoms with van der Waals surface area (Å²) in [6.07, 6.45) is -5.62. The average Bonchev–Trinajstić information content (AvgIpc) is 3.03. The van der Waals surface area contributed by atoms with Crippen molar-refractivity contribution in [2.45, 2.75) is 56.5 Å². The number of benzene rings is 1. The topological polar surface area (TPSA) is 141 Å². The van der Waals surface area contributed by atoms with Gasteiger partial charge in [0.25, 0.3) is 10.7 Å². The van der Waals surface area contributed by atoms with Crippen LogP contribution in [0.25, 0.3) is 0 Å². The second-order valence-electron chi connectivity index (χ2n) is 8.32. The molecular weight excluding hydrogens is 559 g/mol. The van der Waals surface area contributed by atoms with Crippen LogP contribution in [0.3, 0.4) is 0 Å². The molecule has 0 radical (unpaired) electrons. The summed E-state index contributed by atoms with van der Waals surface area (Å²) in [5.74, 6) is -1.74. The Morgan fingerprint density at radius 3 is 2.62 bits per heavy atom. The van der Waals surface area contributed by atoms with E-state index in [0.717, 1.165) is 0 Å². The summed E-state index contributed by atoms with van der Waals surface area (Å²) in [6.45, 7) is 0.619. The third kappa shape index (κ3) is 7.02. The van der Waals surface area contributed by atoms with Crippen molar-refractivity contribution in [3.8, 4) is 5.75 Å². The van der Waals surface area contributed by atoms with Crippen LogP contribution in [-0.2, 0) is 30.6 Å². The molecule has 16 heteroatoms. The Bertz CT molecular complexity index is 1280. The van der Waals surface area contributed by atoms with E-state index in [4.69, 9.17) is 41.9 Å². The number of aliphatic hydroxyl groups is 1. The van der Waals surface area contributed by atoms with Crippen LogP contribution < -0.4 is 20.9 Å². The Labute approximate surface area is 219 Å². The van der Waals surface area contributed by atoms with Gasteiger partial charge in [-0.15, -0.1) is 0 Å². The molecule has 11 nitrogen and oxygen atoms in total. The Morgan fingerprint density at radius 2 is 2.00 bits per heavy atom. The highest BCUT2D eigenvalue weighted by molar-refractivity contribution is 8.09. The van der Waals surface area contributed by atoms with Crippen LogP contribution in [0.15, 0.2) is 46.1 Å². The van der Waals surface area contributed by atoms with Gasteiger partial charge in [0.1, 0.15) is 24.0 Å². The number of hydrogen-bond acceptors (Lipinski definition) is 9. The Morgan fingerprint density at radius 1 is 1.35 bits per heavy atom. The molecule has 0 spiro atoms. The van der Waals surface area contributed by atoms with Crippen molar-refractivity contribution in [3.63, 3.8) is 0 Å². The maximum Gasteiger partial charge on any atom is 0.330 e. The minimum atomic E-state index is -3.58. The molecule has 3 rings (SSSR count). The number of carbonyl (C=O) groups excluding carboxylic acids is 1. The van der Waals surface area contributed by atoms with Gasteiger partial charge in [0, 0.05) is 0 Å². The molecule has 6 atom stereocenters. The van der Waals surface area contributed by atoms with Gasteiger partial charge in [0.2, 0.25) is 5.82 Å². The summed E-state index contributed by atoms with van der Waals surface area (Å²) in [6, 6.07) is 7.28. The van der Waals surface area contributed by atoms with E-state index in [1.165, 1.54) is 6.92 Å². The lowest BCUT2D eigenvalue weighted by Crippen LogP contribution is -2.42. The molecule has 1 fully saturated rings. The van der Waals surface area contributed by atoms with Gasteiger partial charge in [-0.3, -0.25) is 19.1 Å². The van der Waals surface area contributed by atoms with Crippen LogP contribution in [0.5, 0.6) is 5.75 Å². The van der Waals surface area contributed by atoms with Crippen molar-refractivity contribution < 1.29 is 37.2 Å². The van der Waals surface area contributed by atoms with E-state index in [-0.39, 0.29) is 0 Å². The number of esters is 1. The molecule has 0 aliphatic carbocycles. The van der Waals surface area contributed by atoms with E-state index >= 15 is 4.39 Å². The van der Waals surface area contributed by atoms with Gasteiger partial charge < -0.3 is 23.6 Å². The zero-order valence-corrected chi connectivity index (χ0v) is 22.3. The van der Waals surface area contributed by atoms with Crippen molar-refractivity contribution in [1.82, 2.24) is 14.6 Å². The molecule has 1 aromatic carbocycles. The molecule has 1 aliphatic heterocycles. The van der Waals surface area contributed by atoms with Crippen LogP contribution in [-0.4, -0.2) is 56.7 Å². The molecule has 1 saturated heterocycles. The van der Waals surface area contributed by atoms with E-state index in [9.17, 15) is 23.9 Å². The van der Waals surface area contributed by atoms with E-state index in [2.05, 4.69) is 5.09 Å². The predicted molar refractivity (Wildman–Crippen MR) is 132 cm³/mol. The first-order chi connectivity index (χ1) is 17.2. The van der Waals surface area contributed by atoms with Gasteiger partial charge in [-0.2, -0.15) is 4.39 Å². The van der Waals surface area contributed by atoms with Crippen LogP contribution in [0.2, 0.25) is 0 Å². The minimum Gasteiger partial charge on any atom is -0.462 e. The fraction of sp³-hybridized carbons (Fsp3) is 0.476. The summed E-state index contributed by atoms with van der Waals surface area (Å²) in [5, 5.41) is 10.1. The Balaban J connectivity index is 1.82. The molecule has 0 saturated carbocycles. The van der Waals surface area contributed by atoms with Crippen molar-refractivity contribution in [2.24, 2.45) is 0 Å². The second-order valence-corrected chi connectivity index (χ2v) is 12.0. The van der Waals surface area contributed by atoms with Gasteiger partial charge in [-0.25, -0.2) is 14.3 Å². The molecule has 0 bridgehead atoms. The molecule has 204 valence electrons. The van der Waals surface area contributed by atoms with E-state index in [1.807, 2.05) is 0 Å². The summed E-state index contributed by atoms with van der Waals surface area (Å²) in [4.78, 5) is 37.4. The number of ether oxygens (including phenoxy) is 2. The molecule has 2 aromatic rings. The van der Waals surface area contributed by atoms with E-state index in [0.29, 0.717) is 16.5 Å². The maximum atomic E-state index is 15.3. The van der Waals surface area contributed by atoms with Gasteiger partial charge in [-0.1, -0.05) is 29.8 Å². The van der Waals surface area contributed by atoms with Crippen LogP contribution in [0.4, 0.5) is 8.78 Å². The van der Waals surface area contributed by atoms with Gasteiger partial charge in [-0.05, 0) is 44.7 Å². The first-order valence-corrected chi connectivity index (χ1v) is 13.9. The largest absolute Gasteiger partial charge is 0.462 e. The molecule has 0 amide bonds.